The van der Waals surface area contributed by atoms with Crippen molar-refractivity contribution in [1.82, 2.24) is 4.98 Å². The topological polar surface area (TPSA) is 104 Å². The van der Waals surface area contributed by atoms with Crippen LogP contribution in [0.15, 0.2) is 42.5 Å². The van der Waals surface area contributed by atoms with Crippen molar-refractivity contribution in [1.29, 1.82) is 0 Å². The molecule has 1 amide bonds. The molecule has 1 unspecified atom stereocenters. The summed E-state index contributed by atoms with van der Waals surface area (Å²) in [5.41, 5.74) is 6.36. The Balaban J connectivity index is 1.65. The zero-order valence-electron chi connectivity index (χ0n) is 14.6. The summed E-state index contributed by atoms with van der Waals surface area (Å²) in [5, 5.41) is 10.00. The molecule has 0 spiro atoms. The van der Waals surface area contributed by atoms with Gasteiger partial charge in [0.15, 0.2) is 11.5 Å². The van der Waals surface area contributed by atoms with Gasteiger partial charge in [0.2, 0.25) is 0 Å². The van der Waals surface area contributed by atoms with Crippen LogP contribution in [0.4, 0.5) is 13.2 Å². The molecule has 7 nitrogen and oxygen atoms in total. The zero-order valence-corrected chi connectivity index (χ0v) is 14.6. The molecule has 0 saturated heterocycles. The summed E-state index contributed by atoms with van der Waals surface area (Å²) in [6, 6.07) is 9.82. The highest BCUT2D eigenvalue weighted by molar-refractivity contribution is 5.97. The number of pyridine rings is 1. The maximum atomic E-state index is 12.3. The number of fused-ring (bicyclic) bond motifs is 3. The van der Waals surface area contributed by atoms with Gasteiger partial charge in [0.1, 0.15) is 11.4 Å². The van der Waals surface area contributed by atoms with Crippen LogP contribution in [0.3, 0.4) is 0 Å². The standard InChI is InChI=1S/C19H13F3N2O5/c20-19(21,22)29-11-3-1-9(2-4-11)18-27-14-6-5-13-12(16(14)28-18)7-10(8-25)15(24-13)17(23)26/h1-7,18,25H,8H2,(H2,23,26). The van der Waals surface area contributed by atoms with Gasteiger partial charge in [0.25, 0.3) is 12.2 Å². The summed E-state index contributed by atoms with van der Waals surface area (Å²) >= 11 is 0. The Morgan fingerprint density at radius 1 is 1.17 bits per heavy atom. The van der Waals surface area contributed by atoms with E-state index in [4.69, 9.17) is 15.2 Å². The van der Waals surface area contributed by atoms with E-state index in [0.29, 0.717) is 28.0 Å². The van der Waals surface area contributed by atoms with Crippen molar-refractivity contribution in [3.63, 3.8) is 0 Å². The van der Waals surface area contributed by atoms with Crippen LogP contribution in [0.1, 0.15) is 27.9 Å². The first-order valence-corrected chi connectivity index (χ1v) is 8.31. The molecule has 3 N–H and O–H groups in total. The lowest BCUT2D eigenvalue weighted by Gasteiger charge is -2.12. The number of aromatic nitrogens is 1. The van der Waals surface area contributed by atoms with Gasteiger partial charge in [0, 0.05) is 16.5 Å². The molecular weight excluding hydrogens is 393 g/mol. The first-order chi connectivity index (χ1) is 13.7. The second-order valence-electron chi connectivity index (χ2n) is 6.16. The summed E-state index contributed by atoms with van der Waals surface area (Å²) in [5.74, 6) is -0.414. The van der Waals surface area contributed by atoms with E-state index in [0.717, 1.165) is 12.1 Å². The number of aliphatic hydroxyl groups is 1. The maximum Gasteiger partial charge on any atom is 0.573 e. The van der Waals surface area contributed by atoms with E-state index in [1.165, 1.54) is 18.2 Å². The highest BCUT2D eigenvalue weighted by atomic mass is 19.4. The minimum absolute atomic E-state index is 0.0457. The molecule has 29 heavy (non-hydrogen) atoms. The minimum Gasteiger partial charge on any atom is -0.447 e. The second-order valence-corrected chi connectivity index (χ2v) is 6.16. The van der Waals surface area contributed by atoms with Crippen LogP contribution in [0.2, 0.25) is 0 Å². The molecular formula is C19H13F3N2O5. The van der Waals surface area contributed by atoms with Crippen molar-refractivity contribution in [2.24, 2.45) is 5.73 Å². The van der Waals surface area contributed by atoms with Gasteiger partial charge in [-0.15, -0.1) is 13.2 Å². The molecule has 2 aromatic carbocycles. The van der Waals surface area contributed by atoms with E-state index in [9.17, 15) is 23.1 Å². The lowest BCUT2D eigenvalue weighted by Crippen LogP contribution is -2.17. The minimum atomic E-state index is -4.78. The van der Waals surface area contributed by atoms with Crippen molar-refractivity contribution in [3.05, 3.63) is 59.3 Å². The molecule has 3 aromatic rings. The Morgan fingerprint density at radius 2 is 1.90 bits per heavy atom. The third kappa shape index (κ3) is 3.61. The van der Waals surface area contributed by atoms with Gasteiger partial charge in [-0.05, 0) is 42.5 Å². The number of alkyl halides is 3. The lowest BCUT2D eigenvalue weighted by molar-refractivity contribution is -0.274. The number of benzene rings is 2. The van der Waals surface area contributed by atoms with Crippen molar-refractivity contribution in [2.75, 3.05) is 0 Å². The number of aliphatic hydroxyl groups excluding tert-OH is 1. The van der Waals surface area contributed by atoms with E-state index >= 15 is 0 Å². The maximum absolute atomic E-state index is 12.3. The van der Waals surface area contributed by atoms with Crippen molar-refractivity contribution in [3.8, 4) is 17.2 Å². The third-order valence-electron chi connectivity index (χ3n) is 4.24. The largest absolute Gasteiger partial charge is 0.573 e. The second kappa shape index (κ2) is 6.82. The molecule has 0 bridgehead atoms. The quantitative estimate of drug-likeness (QED) is 0.690. The van der Waals surface area contributed by atoms with Crippen LogP contribution < -0.4 is 19.9 Å². The van der Waals surface area contributed by atoms with Crippen molar-refractivity contribution >= 4 is 16.8 Å². The fourth-order valence-corrected chi connectivity index (χ4v) is 3.00. The molecule has 0 radical (unpaired) electrons. The van der Waals surface area contributed by atoms with Gasteiger partial charge >= 0.3 is 6.36 Å². The summed E-state index contributed by atoms with van der Waals surface area (Å²) in [6.45, 7) is -0.449. The van der Waals surface area contributed by atoms with E-state index in [2.05, 4.69) is 9.72 Å². The molecule has 1 aliphatic heterocycles. The fourth-order valence-electron chi connectivity index (χ4n) is 3.00. The Bertz CT molecular complexity index is 1100. The smallest absolute Gasteiger partial charge is 0.447 e. The highest BCUT2D eigenvalue weighted by Gasteiger charge is 2.32. The first-order valence-electron chi connectivity index (χ1n) is 8.31. The van der Waals surface area contributed by atoms with Crippen LogP contribution in [-0.2, 0) is 6.61 Å². The number of halogens is 3. The van der Waals surface area contributed by atoms with Gasteiger partial charge < -0.3 is 25.1 Å². The number of carbonyl (C=O) groups excluding carboxylic acids is 1. The Hall–Kier alpha value is -3.53. The molecule has 10 heteroatoms. The van der Waals surface area contributed by atoms with Gasteiger partial charge in [-0.1, -0.05) is 0 Å². The molecule has 2 heterocycles. The zero-order chi connectivity index (χ0) is 20.8. The molecule has 1 aliphatic rings. The fraction of sp³-hybridized carbons (Fsp3) is 0.158. The molecule has 0 aliphatic carbocycles. The van der Waals surface area contributed by atoms with Crippen LogP contribution in [0.5, 0.6) is 17.2 Å². The van der Waals surface area contributed by atoms with Gasteiger partial charge in [-0.25, -0.2) is 4.98 Å². The predicted molar refractivity (Wildman–Crippen MR) is 93.3 cm³/mol. The van der Waals surface area contributed by atoms with Crippen LogP contribution in [-0.4, -0.2) is 22.4 Å². The molecule has 1 atom stereocenters. The SMILES string of the molecule is NC(=O)c1nc2ccc3c(c2cc1CO)OC(c1ccc(OC(F)(F)F)cc1)O3. The molecule has 1 aromatic heterocycles. The summed E-state index contributed by atoms with van der Waals surface area (Å²) in [7, 11) is 0. The Labute approximate surface area is 161 Å². The van der Waals surface area contributed by atoms with Gasteiger partial charge in [-0.3, -0.25) is 4.79 Å². The number of carbonyl (C=O) groups is 1. The summed E-state index contributed by atoms with van der Waals surface area (Å²) < 4.78 is 52.3. The average molecular weight is 406 g/mol. The average Bonchev–Trinajstić information content (AvgIpc) is 3.10. The number of hydrogen-bond acceptors (Lipinski definition) is 6. The molecule has 4 rings (SSSR count). The Morgan fingerprint density at radius 3 is 2.52 bits per heavy atom. The van der Waals surface area contributed by atoms with Crippen molar-refractivity contribution in [2.45, 2.75) is 19.3 Å². The summed E-state index contributed by atoms with van der Waals surface area (Å²) in [4.78, 5) is 15.7. The number of hydrogen-bond donors (Lipinski definition) is 2. The Kier molecular flexibility index (Phi) is 4.42. The number of amides is 1. The van der Waals surface area contributed by atoms with Crippen LogP contribution >= 0.6 is 0 Å². The lowest BCUT2D eigenvalue weighted by atomic mass is 10.1. The number of nitrogens with zero attached hydrogens (tertiary/aromatic N) is 1. The van der Waals surface area contributed by atoms with Gasteiger partial charge in [-0.2, -0.15) is 0 Å². The number of ether oxygens (including phenoxy) is 3. The number of primary amides is 1. The predicted octanol–water partition coefficient (Wildman–Crippen LogP) is 3.19. The summed E-state index contributed by atoms with van der Waals surface area (Å²) in [6.07, 6.45) is -5.68. The van der Waals surface area contributed by atoms with E-state index in [1.807, 2.05) is 0 Å². The normalized spacial score (nSPS) is 15.5. The van der Waals surface area contributed by atoms with Crippen LogP contribution in [0, 0.1) is 0 Å². The van der Waals surface area contributed by atoms with Crippen molar-refractivity contribution < 1.29 is 37.3 Å². The highest BCUT2D eigenvalue weighted by Crippen LogP contribution is 2.45. The molecule has 0 fully saturated rings. The number of rotatable bonds is 4. The third-order valence-corrected chi connectivity index (χ3v) is 4.24. The van der Waals surface area contributed by atoms with E-state index < -0.39 is 25.2 Å². The molecule has 0 saturated carbocycles. The monoisotopic (exact) mass is 406 g/mol. The molecule has 150 valence electrons. The number of nitrogens with two attached hydrogens (primary N) is 1. The van der Waals surface area contributed by atoms with E-state index in [-0.39, 0.29) is 17.0 Å². The van der Waals surface area contributed by atoms with Crippen LogP contribution in [0.25, 0.3) is 10.9 Å². The van der Waals surface area contributed by atoms with Gasteiger partial charge in [0.05, 0.1) is 12.1 Å². The van der Waals surface area contributed by atoms with E-state index in [1.54, 1.807) is 12.1 Å². The first kappa shape index (κ1) is 18.8.